The molecule has 3 heteroatoms. The third-order valence-corrected chi connectivity index (χ3v) is 3.97. The summed E-state index contributed by atoms with van der Waals surface area (Å²) in [5.74, 6) is 0.267. The molecule has 1 aromatic carbocycles. The number of phenolic OH excluding ortho intramolecular Hbond substituents is 1. The van der Waals surface area contributed by atoms with Gasteiger partial charge in [0, 0.05) is 18.2 Å². The van der Waals surface area contributed by atoms with Crippen molar-refractivity contribution in [2.24, 2.45) is 0 Å². The number of benzene rings is 1. The van der Waals surface area contributed by atoms with Crippen LogP contribution in [0.5, 0.6) is 5.75 Å². The molecule has 0 bridgehead atoms. The van der Waals surface area contributed by atoms with E-state index in [0.717, 1.165) is 37.8 Å². The summed E-state index contributed by atoms with van der Waals surface area (Å²) < 4.78 is 0. The molecule has 1 amide bonds. The van der Waals surface area contributed by atoms with Gasteiger partial charge in [-0.2, -0.15) is 0 Å². The number of nitrogens with zero attached hydrogens (tertiary/aromatic N) is 1. The molecule has 2 rings (SSSR count). The van der Waals surface area contributed by atoms with Crippen LogP contribution in [0.4, 0.5) is 0 Å². The van der Waals surface area contributed by atoms with E-state index in [1.54, 1.807) is 12.1 Å². The molecule has 1 aromatic rings. The van der Waals surface area contributed by atoms with Gasteiger partial charge >= 0.3 is 0 Å². The molecule has 0 radical (unpaired) electrons. The van der Waals surface area contributed by atoms with E-state index in [9.17, 15) is 9.90 Å². The number of likely N-dealkylation sites (tertiary alicyclic amines) is 1. The van der Waals surface area contributed by atoms with Gasteiger partial charge in [-0.25, -0.2) is 0 Å². The number of amides is 1. The Kier molecular flexibility index (Phi) is 4.46. The minimum absolute atomic E-state index is 0.0634. The van der Waals surface area contributed by atoms with Crippen molar-refractivity contribution in [3.8, 4) is 5.75 Å². The molecule has 1 unspecified atom stereocenters. The third-order valence-electron chi connectivity index (χ3n) is 3.97. The Balaban J connectivity index is 2.18. The maximum atomic E-state index is 12.6. The Bertz CT molecular complexity index is 454. The Hall–Kier alpha value is -1.51. The van der Waals surface area contributed by atoms with Gasteiger partial charge in [0.05, 0.1) is 0 Å². The van der Waals surface area contributed by atoms with Gasteiger partial charge in [-0.05, 0) is 50.3 Å². The maximum Gasteiger partial charge on any atom is 0.254 e. The maximum absolute atomic E-state index is 12.6. The van der Waals surface area contributed by atoms with Crippen molar-refractivity contribution in [3.63, 3.8) is 0 Å². The van der Waals surface area contributed by atoms with E-state index in [2.05, 4.69) is 6.92 Å². The predicted octanol–water partition coefficient (Wildman–Crippen LogP) is 3.50. The van der Waals surface area contributed by atoms with Crippen LogP contribution in [0.3, 0.4) is 0 Å². The van der Waals surface area contributed by atoms with Crippen LogP contribution >= 0.6 is 0 Å². The van der Waals surface area contributed by atoms with Crippen molar-refractivity contribution in [2.75, 3.05) is 6.54 Å². The molecule has 1 fully saturated rings. The molecule has 3 nitrogen and oxygen atoms in total. The first kappa shape index (κ1) is 13.9. The zero-order chi connectivity index (χ0) is 13.8. The number of hydrogen-bond acceptors (Lipinski definition) is 2. The van der Waals surface area contributed by atoms with Crippen LogP contribution < -0.4 is 0 Å². The van der Waals surface area contributed by atoms with E-state index in [1.807, 2.05) is 17.9 Å². The number of aromatic hydroxyl groups is 1. The monoisotopic (exact) mass is 261 g/mol. The van der Waals surface area contributed by atoms with Gasteiger partial charge in [-0.1, -0.05) is 19.4 Å². The van der Waals surface area contributed by atoms with Crippen LogP contribution in [0.25, 0.3) is 0 Å². The van der Waals surface area contributed by atoms with Crippen molar-refractivity contribution in [1.29, 1.82) is 0 Å². The van der Waals surface area contributed by atoms with Crippen LogP contribution in [0.1, 0.15) is 54.9 Å². The Labute approximate surface area is 115 Å². The average Bonchev–Trinajstić information content (AvgIpc) is 2.42. The van der Waals surface area contributed by atoms with Gasteiger partial charge in [-0.3, -0.25) is 4.79 Å². The number of rotatable bonds is 3. The second kappa shape index (κ2) is 6.09. The van der Waals surface area contributed by atoms with Crippen molar-refractivity contribution < 1.29 is 9.90 Å². The minimum atomic E-state index is 0.0634. The number of aryl methyl sites for hydroxylation is 1. The van der Waals surface area contributed by atoms with Gasteiger partial charge in [0.1, 0.15) is 5.75 Å². The van der Waals surface area contributed by atoms with E-state index in [4.69, 9.17) is 0 Å². The molecule has 0 aliphatic carbocycles. The number of carbonyl (C=O) groups is 1. The van der Waals surface area contributed by atoms with Crippen LogP contribution in [-0.4, -0.2) is 28.5 Å². The normalized spacial score (nSPS) is 19.5. The number of phenols is 1. The number of piperidine rings is 1. The molecular weight excluding hydrogens is 238 g/mol. The van der Waals surface area contributed by atoms with E-state index in [0.29, 0.717) is 11.6 Å². The SMILES string of the molecule is CCCC1CCCCN1C(=O)c1ccc(C)c(O)c1. The van der Waals surface area contributed by atoms with Crippen molar-refractivity contribution in [1.82, 2.24) is 4.90 Å². The second-order valence-electron chi connectivity index (χ2n) is 5.44. The zero-order valence-corrected chi connectivity index (χ0v) is 11.9. The molecule has 0 aromatic heterocycles. The summed E-state index contributed by atoms with van der Waals surface area (Å²) in [6.45, 7) is 4.84. The molecule has 0 spiro atoms. The first-order valence-electron chi connectivity index (χ1n) is 7.24. The first-order valence-corrected chi connectivity index (χ1v) is 7.24. The highest BCUT2D eigenvalue weighted by molar-refractivity contribution is 5.95. The number of carbonyl (C=O) groups excluding carboxylic acids is 1. The Morgan fingerprint density at radius 2 is 2.21 bits per heavy atom. The van der Waals surface area contributed by atoms with Gasteiger partial charge < -0.3 is 10.0 Å². The fourth-order valence-corrected chi connectivity index (χ4v) is 2.81. The third kappa shape index (κ3) is 3.09. The average molecular weight is 261 g/mol. The molecular formula is C16H23NO2. The minimum Gasteiger partial charge on any atom is -0.508 e. The van der Waals surface area contributed by atoms with Crippen LogP contribution in [-0.2, 0) is 0 Å². The van der Waals surface area contributed by atoms with Crippen LogP contribution in [0.2, 0.25) is 0 Å². The Morgan fingerprint density at radius 3 is 2.89 bits per heavy atom. The highest BCUT2D eigenvalue weighted by atomic mass is 16.3. The lowest BCUT2D eigenvalue weighted by Crippen LogP contribution is -2.43. The molecule has 19 heavy (non-hydrogen) atoms. The van der Waals surface area contributed by atoms with E-state index in [1.165, 1.54) is 6.42 Å². The smallest absolute Gasteiger partial charge is 0.254 e. The lowest BCUT2D eigenvalue weighted by Gasteiger charge is -2.36. The van der Waals surface area contributed by atoms with E-state index >= 15 is 0 Å². The summed E-state index contributed by atoms with van der Waals surface area (Å²) in [5, 5.41) is 9.75. The van der Waals surface area contributed by atoms with Gasteiger partial charge in [0.2, 0.25) is 0 Å². The standard InChI is InChI=1S/C16H23NO2/c1-3-6-14-7-4-5-10-17(14)16(19)13-9-8-12(2)15(18)11-13/h8-9,11,14,18H,3-7,10H2,1-2H3. The van der Waals surface area contributed by atoms with E-state index in [-0.39, 0.29) is 11.7 Å². The van der Waals surface area contributed by atoms with Crippen LogP contribution in [0, 0.1) is 6.92 Å². The zero-order valence-electron chi connectivity index (χ0n) is 11.9. The van der Waals surface area contributed by atoms with Crippen molar-refractivity contribution in [2.45, 2.75) is 52.0 Å². The largest absolute Gasteiger partial charge is 0.508 e. The number of hydrogen-bond donors (Lipinski definition) is 1. The first-order chi connectivity index (χ1) is 9.13. The van der Waals surface area contributed by atoms with Gasteiger partial charge in [-0.15, -0.1) is 0 Å². The molecule has 1 N–H and O–H groups in total. The summed E-state index contributed by atoms with van der Waals surface area (Å²) in [7, 11) is 0. The molecule has 104 valence electrons. The summed E-state index contributed by atoms with van der Waals surface area (Å²) in [4.78, 5) is 14.6. The molecule has 1 aliphatic rings. The molecule has 1 atom stereocenters. The second-order valence-corrected chi connectivity index (χ2v) is 5.44. The molecule has 1 saturated heterocycles. The predicted molar refractivity (Wildman–Crippen MR) is 76.4 cm³/mol. The van der Waals surface area contributed by atoms with Gasteiger partial charge in [0.25, 0.3) is 5.91 Å². The Morgan fingerprint density at radius 1 is 1.42 bits per heavy atom. The highest BCUT2D eigenvalue weighted by Crippen LogP contribution is 2.25. The lowest BCUT2D eigenvalue weighted by atomic mass is 9.97. The highest BCUT2D eigenvalue weighted by Gasteiger charge is 2.26. The summed E-state index contributed by atoms with van der Waals surface area (Å²) >= 11 is 0. The molecule has 1 aliphatic heterocycles. The fourth-order valence-electron chi connectivity index (χ4n) is 2.81. The van der Waals surface area contributed by atoms with Crippen LogP contribution in [0.15, 0.2) is 18.2 Å². The van der Waals surface area contributed by atoms with Crippen molar-refractivity contribution in [3.05, 3.63) is 29.3 Å². The summed E-state index contributed by atoms with van der Waals surface area (Å²) in [6.07, 6.45) is 5.59. The summed E-state index contributed by atoms with van der Waals surface area (Å²) in [6, 6.07) is 5.58. The molecule has 1 heterocycles. The fraction of sp³-hybridized carbons (Fsp3) is 0.562. The van der Waals surface area contributed by atoms with Crippen molar-refractivity contribution >= 4 is 5.91 Å². The van der Waals surface area contributed by atoms with Gasteiger partial charge in [0.15, 0.2) is 0 Å². The molecule has 0 saturated carbocycles. The van der Waals surface area contributed by atoms with E-state index < -0.39 is 0 Å². The lowest BCUT2D eigenvalue weighted by molar-refractivity contribution is 0.0600. The summed E-state index contributed by atoms with van der Waals surface area (Å²) in [5.41, 5.74) is 1.41. The topological polar surface area (TPSA) is 40.5 Å². The quantitative estimate of drug-likeness (QED) is 0.904.